The molecule has 2 rings (SSSR count). The van der Waals surface area contributed by atoms with E-state index in [2.05, 4.69) is 15.9 Å². The van der Waals surface area contributed by atoms with Gasteiger partial charge in [-0.15, -0.1) is 10.2 Å². The van der Waals surface area contributed by atoms with Crippen LogP contribution in [-0.4, -0.2) is 38.9 Å². The van der Waals surface area contributed by atoms with Crippen LogP contribution in [0.25, 0.3) is 0 Å². The zero-order valence-corrected chi connectivity index (χ0v) is 13.5. The number of carboxylic acid groups (broad SMARTS) is 1. The van der Waals surface area contributed by atoms with Crippen LogP contribution in [0.15, 0.2) is 35.7 Å². The third-order valence-corrected chi connectivity index (χ3v) is 3.91. The Bertz CT molecular complexity index is 602. The van der Waals surface area contributed by atoms with E-state index in [-0.39, 0.29) is 0 Å². The summed E-state index contributed by atoms with van der Waals surface area (Å²) in [6.45, 7) is 0. The van der Waals surface area contributed by atoms with Gasteiger partial charge in [-0.2, -0.15) is 0 Å². The highest BCUT2D eigenvalue weighted by molar-refractivity contribution is 7.98. The molecule has 2 aromatic rings. The van der Waals surface area contributed by atoms with Crippen molar-refractivity contribution in [3.8, 4) is 0 Å². The van der Waals surface area contributed by atoms with Crippen molar-refractivity contribution >= 4 is 17.7 Å². The molecule has 0 saturated carbocycles. The molecule has 0 aliphatic heterocycles. The Morgan fingerprint density at radius 1 is 1.41 bits per heavy atom. The first-order valence-corrected chi connectivity index (χ1v) is 7.65. The lowest BCUT2D eigenvalue weighted by atomic mass is 10.0. The lowest BCUT2D eigenvalue weighted by Gasteiger charge is -2.08. The number of carbonyl (C=O) groups is 1. The Hall–Kier alpha value is -1.90. The van der Waals surface area contributed by atoms with Crippen molar-refractivity contribution in [1.29, 1.82) is 0 Å². The van der Waals surface area contributed by atoms with Crippen LogP contribution in [-0.2, 0) is 24.0 Å². The molecule has 1 heterocycles. The van der Waals surface area contributed by atoms with Gasteiger partial charge in [-0.25, -0.2) is 0 Å². The Labute approximate surface area is 133 Å². The third-order valence-electron chi connectivity index (χ3n) is 2.80. The second kappa shape index (κ2) is 9.19. The lowest BCUT2D eigenvalue weighted by molar-refractivity contribution is -0.138. The smallest absolute Gasteiger partial charge is 0.320 e. The van der Waals surface area contributed by atoms with E-state index in [0.717, 1.165) is 22.0 Å². The molecule has 5 N–H and O–H groups in total. The predicted octanol–water partition coefficient (Wildman–Crippen LogP) is 0.637. The average molecular weight is 323 g/mol. The number of hydrogen-bond donors (Lipinski definition) is 3. The Morgan fingerprint density at radius 3 is 2.68 bits per heavy atom. The van der Waals surface area contributed by atoms with Gasteiger partial charge in [0.15, 0.2) is 5.16 Å². The monoisotopic (exact) mass is 323 g/mol. The Balaban J connectivity index is 0.00000116. The number of rotatable bonds is 6. The highest BCUT2D eigenvalue weighted by Crippen LogP contribution is 2.20. The van der Waals surface area contributed by atoms with Gasteiger partial charge in [-0.1, -0.05) is 36.0 Å². The quantitative estimate of drug-likeness (QED) is 0.667. The molecule has 7 nitrogen and oxygen atoms in total. The highest BCUT2D eigenvalue weighted by Gasteiger charge is 2.12. The first-order valence-electron chi connectivity index (χ1n) is 6.67. The summed E-state index contributed by atoms with van der Waals surface area (Å²) < 4.78 is 1.86. The molecule has 1 aromatic heterocycles. The minimum atomic E-state index is -0.983. The topological polar surface area (TPSA) is 120 Å². The molecule has 1 atom stereocenters. The van der Waals surface area contributed by atoms with Crippen molar-refractivity contribution < 1.29 is 9.90 Å². The number of benzene rings is 1. The van der Waals surface area contributed by atoms with Crippen LogP contribution < -0.4 is 11.5 Å². The summed E-state index contributed by atoms with van der Waals surface area (Å²) in [4.78, 5) is 10.8. The van der Waals surface area contributed by atoms with Crippen LogP contribution in [0.5, 0.6) is 0 Å². The average Bonchev–Trinajstić information content (AvgIpc) is 2.93. The fraction of sp³-hybridized carbons (Fsp3) is 0.357. The molecule has 8 heteroatoms. The number of hydrogen-bond acceptors (Lipinski definition) is 6. The van der Waals surface area contributed by atoms with E-state index in [0.29, 0.717) is 6.42 Å². The largest absolute Gasteiger partial charge is 0.480 e. The number of thioether (sulfide) groups is 1. The fourth-order valence-corrected chi connectivity index (χ4v) is 2.57. The predicted molar refractivity (Wildman–Crippen MR) is 86.4 cm³/mol. The fourth-order valence-electron chi connectivity index (χ4n) is 1.74. The van der Waals surface area contributed by atoms with Gasteiger partial charge in [0.1, 0.15) is 12.4 Å². The summed E-state index contributed by atoms with van der Waals surface area (Å²) in [5.41, 5.74) is 12.1. The lowest BCUT2D eigenvalue weighted by Crippen LogP contribution is -2.32. The van der Waals surface area contributed by atoms with Crippen molar-refractivity contribution in [2.45, 2.75) is 23.4 Å². The molecule has 22 heavy (non-hydrogen) atoms. The molecule has 1 unspecified atom stereocenters. The zero-order valence-electron chi connectivity index (χ0n) is 12.6. The van der Waals surface area contributed by atoms with E-state index in [1.807, 2.05) is 35.9 Å². The first-order chi connectivity index (χ1) is 10.6. The minimum Gasteiger partial charge on any atom is -0.480 e. The summed E-state index contributed by atoms with van der Waals surface area (Å²) in [7, 11) is 3.39. The van der Waals surface area contributed by atoms with Gasteiger partial charge in [0.05, 0.1) is 0 Å². The molecule has 0 bridgehead atoms. The van der Waals surface area contributed by atoms with Gasteiger partial charge in [-0.05, 0) is 24.6 Å². The maximum Gasteiger partial charge on any atom is 0.320 e. The van der Waals surface area contributed by atoms with Crippen LogP contribution >= 0.6 is 11.8 Å². The number of aliphatic carboxylic acids is 1. The molecule has 120 valence electrons. The van der Waals surface area contributed by atoms with Crippen LogP contribution in [0, 0.1) is 0 Å². The van der Waals surface area contributed by atoms with Crippen LogP contribution in [0.3, 0.4) is 0 Å². The van der Waals surface area contributed by atoms with E-state index in [1.165, 1.54) is 7.05 Å². The molecule has 0 saturated heterocycles. The highest BCUT2D eigenvalue weighted by atomic mass is 32.2. The van der Waals surface area contributed by atoms with Gasteiger partial charge in [-0.3, -0.25) is 4.79 Å². The molecule has 0 spiro atoms. The molecule has 0 aliphatic carbocycles. The normalized spacial score (nSPS) is 11.5. The maximum absolute atomic E-state index is 10.8. The number of aromatic nitrogens is 3. The van der Waals surface area contributed by atoms with Gasteiger partial charge in [0.25, 0.3) is 0 Å². The summed E-state index contributed by atoms with van der Waals surface area (Å²) in [6, 6.07) is 6.91. The van der Waals surface area contributed by atoms with E-state index in [4.69, 9.17) is 10.8 Å². The SMILES string of the molecule is CN.Cn1cnnc1SCc1cccc(CC(N)C(=O)O)c1. The van der Waals surface area contributed by atoms with Crippen molar-refractivity contribution in [3.05, 3.63) is 41.7 Å². The van der Waals surface area contributed by atoms with Gasteiger partial charge in [0, 0.05) is 12.8 Å². The van der Waals surface area contributed by atoms with Gasteiger partial charge < -0.3 is 21.1 Å². The van der Waals surface area contributed by atoms with Crippen LogP contribution in [0.4, 0.5) is 0 Å². The second-order valence-corrected chi connectivity index (χ2v) is 5.42. The van der Waals surface area contributed by atoms with E-state index >= 15 is 0 Å². The van der Waals surface area contributed by atoms with Gasteiger partial charge >= 0.3 is 5.97 Å². The molecular formula is C14H21N5O2S. The van der Waals surface area contributed by atoms with Crippen LogP contribution in [0.2, 0.25) is 0 Å². The second-order valence-electron chi connectivity index (χ2n) is 4.48. The molecule has 0 fully saturated rings. The zero-order chi connectivity index (χ0) is 16.5. The van der Waals surface area contributed by atoms with Crippen molar-refractivity contribution in [2.75, 3.05) is 7.05 Å². The van der Waals surface area contributed by atoms with E-state index < -0.39 is 12.0 Å². The molecule has 0 radical (unpaired) electrons. The number of carboxylic acids is 1. The van der Waals surface area contributed by atoms with Gasteiger partial charge in [0.2, 0.25) is 0 Å². The van der Waals surface area contributed by atoms with Crippen molar-refractivity contribution in [3.63, 3.8) is 0 Å². The molecule has 1 aromatic carbocycles. The molecular weight excluding hydrogens is 302 g/mol. The van der Waals surface area contributed by atoms with E-state index in [1.54, 1.807) is 18.1 Å². The Kier molecular flexibility index (Phi) is 7.58. The number of nitrogens with two attached hydrogens (primary N) is 2. The van der Waals surface area contributed by atoms with Crippen LogP contribution in [0.1, 0.15) is 11.1 Å². The summed E-state index contributed by atoms with van der Waals surface area (Å²) in [6.07, 6.45) is 1.99. The standard InChI is InChI=1S/C13H16N4O2S.CH5N/c1-17-8-15-16-13(17)20-7-10-4-2-3-9(5-10)6-11(14)12(18)19;1-2/h2-5,8,11H,6-7,14H2,1H3,(H,18,19);2H2,1H3. The summed E-state index contributed by atoms with van der Waals surface area (Å²) in [5, 5.41) is 17.5. The van der Waals surface area contributed by atoms with Crippen molar-refractivity contribution in [1.82, 2.24) is 14.8 Å². The number of aryl methyl sites for hydroxylation is 1. The maximum atomic E-state index is 10.8. The third kappa shape index (κ3) is 5.47. The minimum absolute atomic E-state index is 0.331. The molecule has 0 aliphatic rings. The Morgan fingerprint density at radius 2 is 2.09 bits per heavy atom. The van der Waals surface area contributed by atoms with E-state index in [9.17, 15) is 4.79 Å². The first kappa shape index (κ1) is 18.1. The number of nitrogens with zero attached hydrogens (tertiary/aromatic N) is 3. The summed E-state index contributed by atoms with van der Waals surface area (Å²) in [5.74, 6) is -0.230. The summed E-state index contributed by atoms with van der Waals surface area (Å²) >= 11 is 1.58. The molecule has 0 amide bonds. The van der Waals surface area contributed by atoms with Crippen molar-refractivity contribution in [2.24, 2.45) is 18.5 Å².